The Morgan fingerprint density at radius 1 is 1.77 bits per heavy atom. The van der Waals surface area contributed by atoms with Crippen molar-refractivity contribution in [1.29, 1.82) is 0 Å². The minimum atomic E-state index is -0.289. The fourth-order valence-electron chi connectivity index (χ4n) is 1.08. The van der Waals surface area contributed by atoms with Crippen LogP contribution in [-0.2, 0) is 14.3 Å². The first-order valence-corrected chi connectivity index (χ1v) is 4.45. The van der Waals surface area contributed by atoms with Crippen LogP contribution in [0.5, 0.6) is 0 Å². The van der Waals surface area contributed by atoms with Crippen LogP contribution in [0.3, 0.4) is 0 Å². The summed E-state index contributed by atoms with van der Waals surface area (Å²) in [6, 6.07) is 0. The van der Waals surface area contributed by atoms with Crippen molar-refractivity contribution in [1.82, 2.24) is 0 Å². The topological polar surface area (TPSA) is 61.5 Å². The lowest BCUT2D eigenvalue weighted by molar-refractivity contribution is -0.135. The number of esters is 1. The van der Waals surface area contributed by atoms with Gasteiger partial charge in [-0.25, -0.2) is 4.79 Å². The van der Waals surface area contributed by atoms with E-state index in [0.29, 0.717) is 13.2 Å². The highest BCUT2D eigenvalue weighted by molar-refractivity contribution is 5.85. The number of rotatable bonds is 5. The van der Waals surface area contributed by atoms with Crippen LogP contribution >= 0.6 is 0 Å². The SMILES string of the molecule is CCCC(N)OCC1=CC(=O)OC1. The molecule has 0 aromatic carbocycles. The van der Waals surface area contributed by atoms with E-state index < -0.39 is 0 Å². The van der Waals surface area contributed by atoms with Crippen molar-refractivity contribution in [3.05, 3.63) is 11.6 Å². The molecule has 0 aromatic heterocycles. The van der Waals surface area contributed by atoms with Crippen molar-refractivity contribution in [2.24, 2.45) is 5.73 Å². The molecule has 1 atom stereocenters. The molecule has 0 aromatic rings. The van der Waals surface area contributed by atoms with E-state index in [0.717, 1.165) is 18.4 Å². The molecule has 74 valence electrons. The van der Waals surface area contributed by atoms with Crippen molar-refractivity contribution in [3.63, 3.8) is 0 Å². The highest BCUT2D eigenvalue weighted by Gasteiger charge is 2.13. The maximum atomic E-state index is 10.6. The van der Waals surface area contributed by atoms with Crippen LogP contribution in [0.4, 0.5) is 0 Å². The van der Waals surface area contributed by atoms with Crippen LogP contribution in [0.15, 0.2) is 11.6 Å². The van der Waals surface area contributed by atoms with Crippen molar-refractivity contribution in [2.45, 2.75) is 26.0 Å². The first-order chi connectivity index (χ1) is 6.22. The van der Waals surface area contributed by atoms with E-state index in [1.807, 2.05) is 6.92 Å². The number of ether oxygens (including phenoxy) is 2. The first kappa shape index (κ1) is 10.2. The van der Waals surface area contributed by atoms with Gasteiger partial charge in [0.2, 0.25) is 0 Å². The second-order valence-electron chi connectivity index (χ2n) is 3.05. The molecule has 0 fully saturated rings. The summed E-state index contributed by atoms with van der Waals surface area (Å²) in [4.78, 5) is 10.6. The third-order valence-electron chi connectivity index (χ3n) is 1.78. The lowest BCUT2D eigenvalue weighted by Gasteiger charge is -2.11. The van der Waals surface area contributed by atoms with Crippen LogP contribution in [0, 0.1) is 0 Å². The zero-order chi connectivity index (χ0) is 9.68. The molecule has 0 radical (unpaired) electrons. The molecule has 1 rings (SSSR count). The van der Waals surface area contributed by atoms with Crippen molar-refractivity contribution in [2.75, 3.05) is 13.2 Å². The molecule has 0 saturated heterocycles. The summed E-state index contributed by atoms with van der Waals surface area (Å²) in [6.45, 7) is 2.79. The molecule has 1 heterocycles. The molecule has 0 bridgehead atoms. The summed E-state index contributed by atoms with van der Waals surface area (Å²) in [5.41, 5.74) is 6.48. The quantitative estimate of drug-likeness (QED) is 0.502. The molecule has 0 spiro atoms. The van der Waals surface area contributed by atoms with Crippen LogP contribution in [0.2, 0.25) is 0 Å². The van der Waals surface area contributed by atoms with Gasteiger partial charge in [-0.3, -0.25) is 0 Å². The molecular weight excluding hydrogens is 170 g/mol. The van der Waals surface area contributed by atoms with Gasteiger partial charge in [0.15, 0.2) is 0 Å². The average Bonchev–Trinajstić information content (AvgIpc) is 2.49. The predicted molar refractivity (Wildman–Crippen MR) is 47.9 cm³/mol. The minimum absolute atomic E-state index is 0.235. The number of carbonyl (C=O) groups is 1. The lowest BCUT2D eigenvalue weighted by atomic mass is 10.3. The largest absolute Gasteiger partial charge is 0.458 e. The third-order valence-corrected chi connectivity index (χ3v) is 1.78. The van der Waals surface area contributed by atoms with Gasteiger partial charge < -0.3 is 15.2 Å². The van der Waals surface area contributed by atoms with Crippen LogP contribution in [0.25, 0.3) is 0 Å². The van der Waals surface area contributed by atoms with Gasteiger partial charge in [-0.2, -0.15) is 0 Å². The van der Waals surface area contributed by atoms with E-state index >= 15 is 0 Å². The Morgan fingerprint density at radius 3 is 3.08 bits per heavy atom. The molecule has 0 saturated carbocycles. The van der Waals surface area contributed by atoms with Gasteiger partial charge in [-0.05, 0) is 12.0 Å². The maximum Gasteiger partial charge on any atom is 0.331 e. The Bertz CT molecular complexity index is 213. The van der Waals surface area contributed by atoms with E-state index in [9.17, 15) is 4.79 Å². The smallest absolute Gasteiger partial charge is 0.331 e. The number of carbonyl (C=O) groups excluding carboxylic acids is 1. The summed E-state index contributed by atoms with van der Waals surface area (Å²) in [5, 5.41) is 0. The molecule has 1 aliphatic heterocycles. The highest BCUT2D eigenvalue weighted by Crippen LogP contribution is 2.07. The number of nitrogens with two attached hydrogens (primary N) is 1. The Morgan fingerprint density at radius 2 is 2.54 bits per heavy atom. The number of cyclic esters (lactones) is 1. The fourth-order valence-corrected chi connectivity index (χ4v) is 1.08. The van der Waals surface area contributed by atoms with E-state index in [1.165, 1.54) is 6.08 Å². The second kappa shape index (κ2) is 4.99. The van der Waals surface area contributed by atoms with Crippen molar-refractivity contribution >= 4 is 5.97 Å². The molecule has 0 amide bonds. The molecule has 0 aliphatic carbocycles. The molecule has 4 heteroatoms. The second-order valence-corrected chi connectivity index (χ2v) is 3.05. The van der Waals surface area contributed by atoms with Gasteiger partial charge in [0.25, 0.3) is 0 Å². The van der Waals surface area contributed by atoms with Gasteiger partial charge in [-0.15, -0.1) is 0 Å². The third kappa shape index (κ3) is 3.57. The zero-order valence-electron chi connectivity index (χ0n) is 7.79. The monoisotopic (exact) mass is 185 g/mol. The van der Waals surface area contributed by atoms with Gasteiger partial charge in [0.1, 0.15) is 12.8 Å². The highest BCUT2D eigenvalue weighted by atomic mass is 16.5. The van der Waals surface area contributed by atoms with Crippen molar-refractivity contribution < 1.29 is 14.3 Å². The molecule has 1 unspecified atom stereocenters. The Labute approximate surface area is 77.7 Å². The van der Waals surface area contributed by atoms with E-state index in [4.69, 9.17) is 15.2 Å². The van der Waals surface area contributed by atoms with E-state index in [1.54, 1.807) is 0 Å². The molecule has 4 nitrogen and oxygen atoms in total. The Kier molecular flexibility index (Phi) is 3.92. The summed E-state index contributed by atoms with van der Waals surface area (Å²) >= 11 is 0. The summed E-state index contributed by atoms with van der Waals surface area (Å²) < 4.78 is 10.00. The van der Waals surface area contributed by atoms with Gasteiger partial charge in [0.05, 0.1) is 6.61 Å². The molecule has 2 N–H and O–H groups in total. The van der Waals surface area contributed by atoms with Gasteiger partial charge >= 0.3 is 5.97 Å². The molecule has 13 heavy (non-hydrogen) atoms. The Hall–Kier alpha value is -0.870. The van der Waals surface area contributed by atoms with Crippen LogP contribution in [0.1, 0.15) is 19.8 Å². The lowest BCUT2D eigenvalue weighted by Crippen LogP contribution is -2.24. The fraction of sp³-hybridized carbons (Fsp3) is 0.667. The summed E-state index contributed by atoms with van der Waals surface area (Å²) in [7, 11) is 0. The minimum Gasteiger partial charge on any atom is -0.458 e. The number of hydrogen-bond acceptors (Lipinski definition) is 4. The van der Waals surface area contributed by atoms with E-state index in [-0.39, 0.29) is 12.2 Å². The molecular formula is C9H15NO3. The van der Waals surface area contributed by atoms with Gasteiger partial charge in [0, 0.05) is 6.08 Å². The van der Waals surface area contributed by atoms with Crippen molar-refractivity contribution in [3.8, 4) is 0 Å². The zero-order valence-corrected chi connectivity index (χ0v) is 7.79. The van der Waals surface area contributed by atoms with Gasteiger partial charge in [-0.1, -0.05) is 13.3 Å². The Balaban J connectivity index is 2.19. The number of hydrogen-bond donors (Lipinski definition) is 1. The standard InChI is InChI=1S/C9H15NO3/c1-2-3-8(10)12-5-7-4-9(11)13-6-7/h4,8H,2-3,5-6,10H2,1H3. The van der Waals surface area contributed by atoms with Crippen LogP contribution < -0.4 is 5.73 Å². The summed E-state index contributed by atoms with van der Waals surface area (Å²) in [5.74, 6) is -0.289. The normalized spacial score (nSPS) is 18.3. The van der Waals surface area contributed by atoms with E-state index in [2.05, 4.69) is 0 Å². The van der Waals surface area contributed by atoms with Crippen LogP contribution in [-0.4, -0.2) is 25.4 Å². The first-order valence-electron chi connectivity index (χ1n) is 4.45. The predicted octanol–water partition coefficient (Wildman–Crippen LogP) is 0.571. The summed E-state index contributed by atoms with van der Waals surface area (Å²) in [6.07, 6.45) is 3.05. The average molecular weight is 185 g/mol. The molecule has 1 aliphatic rings. The maximum absolute atomic E-state index is 10.6.